The third kappa shape index (κ3) is 3.62. The van der Waals surface area contributed by atoms with E-state index >= 15 is 0 Å². The van der Waals surface area contributed by atoms with Gasteiger partial charge in [-0.25, -0.2) is 0 Å². The second-order valence-electron chi connectivity index (χ2n) is 5.67. The Bertz CT molecular complexity index is 504. The van der Waals surface area contributed by atoms with Crippen LogP contribution in [0.3, 0.4) is 0 Å². The van der Waals surface area contributed by atoms with Gasteiger partial charge in [-0.1, -0.05) is 20.8 Å². The van der Waals surface area contributed by atoms with Crippen molar-refractivity contribution in [3.05, 3.63) is 23.2 Å². The van der Waals surface area contributed by atoms with Gasteiger partial charge < -0.3 is 14.8 Å². The van der Waals surface area contributed by atoms with Crippen LogP contribution in [0.25, 0.3) is 0 Å². The summed E-state index contributed by atoms with van der Waals surface area (Å²) < 4.78 is 5.50. The summed E-state index contributed by atoms with van der Waals surface area (Å²) in [4.78, 5) is 23.2. The smallest absolute Gasteiger partial charge is 0.305 e. The first-order valence-electron chi connectivity index (χ1n) is 6.83. The van der Waals surface area contributed by atoms with Gasteiger partial charge in [0.1, 0.15) is 5.76 Å². The molecule has 0 spiro atoms. The van der Waals surface area contributed by atoms with Crippen LogP contribution in [0.2, 0.25) is 0 Å². The van der Waals surface area contributed by atoms with Gasteiger partial charge in [-0.15, -0.1) is 0 Å². The molecule has 20 heavy (non-hydrogen) atoms. The minimum Gasteiger partial charge on any atom is -0.481 e. The molecule has 1 atom stereocenters. The van der Waals surface area contributed by atoms with Crippen LogP contribution in [-0.4, -0.2) is 22.5 Å². The lowest BCUT2D eigenvalue weighted by molar-refractivity contribution is -0.138. The number of carbonyl (C=O) groups excluding carboxylic acids is 1. The Morgan fingerprint density at radius 3 is 2.45 bits per heavy atom. The van der Waals surface area contributed by atoms with E-state index < -0.39 is 11.5 Å². The standard InChI is InChI=1S/C15H23NO4/c1-6-11-10(4)7-12(20-11)14(19)16-15(5,9(2)3)8-13(17)18/h7,9H,6,8H2,1-5H3,(H,16,19)(H,17,18). The van der Waals surface area contributed by atoms with E-state index in [2.05, 4.69) is 5.32 Å². The van der Waals surface area contributed by atoms with Crippen LogP contribution in [0.4, 0.5) is 0 Å². The number of hydrogen-bond donors (Lipinski definition) is 2. The Morgan fingerprint density at radius 2 is 2.05 bits per heavy atom. The van der Waals surface area contributed by atoms with Crippen molar-refractivity contribution in [1.82, 2.24) is 5.32 Å². The van der Waals surface area contributed by atoms with E-state index in [9.17, 15) is 9.59 Å². The van der Waals surface area contributed by atoms with Crippen molar-refractivity contribution in [3.8, 4) is 0 Å². The summed E-state index contributed by atoms with van der Waals surface area (Å²) in [5.41, 5.74) is 0.123. The SMILES string of the molecule is CCc1oc(C(=O)NC(C)(CC(=O)O)C(C)C)cc1C. The number of amides is 1. The number of hydrogen-bond acceptors (Lipinski definition) is 3. The Labute approximate surface area is 119 Å². The third-order valence-electron chi connectivity index (χ3n) is 3.76. The van der Waals surface area contributed by atoms with Crippen LogP contribution in [-0.2, 0) is 11.2 Å². The van der Waals surface area contributed by atoms with Gasteiger partial charge in [-0.2, -0.15) is 0 Å². The molecule has 0 aromatic carbocycles. The Kier molecular flexibility index (Phi) is 4.98. The van der Waals surface area contributed by atoms with Crippen molar-refractivity contribution in [2.45, 2.75) is 53.0 Å². The molecule has 0 saturated heterocycles. The molecule has 1 rings (SSSR count). The van der Waals surface area contributed by atoms with Gasteiger partial charge >= 0.3 is 5.97 Å². The molecule has 112 valence electrons. The molecule has 0 aliphatic rings. The van der Waals surface area contributed by atoms with E-state index in [-0.39, 0.29) is 24.0 Å². The molecule has 0 saturated carbocycles. The van der Waals surface area contributed by atoms with E-state index in [1.165, 1.54) is 0 Å². The van der Waals surface area contributed by atoms with Crippen LogP contribution in [0, 0.1) is 12.8 Å². The molecular weight excluding hydrogens is 258 g/mol. The first-order chi connectivity index (χ1) is 9.19. The van der Waals surface area contributed by atoms with Crippen LogP contribution < -0.4 is 5.32 Å². The molecular formula is C15H23NO4. The van der Waals surface area contributed by atoms with Crippen molar-refractivity contribution < 1.29 is 19.1 Å². The average molecular weight is 281 g/mol. The highest BCUT2D eigenvalue weighted by molar-refractivity contribution is 5.92. The highest BCUT2D eigenvalue weighted by atomic mass is 16.4. The summed E-state index contributed by atoms with van der Waals surface area (Å²) in [6.45, 7) is 9.34. The molecule has 0 aliphatic heterocycles. The van der Waals surface area contributed by atoms with Crippen molar-refractivity contribution in [2.24, 2.45) is 5.92 Å². The minimum atomic E-state index is -0.939. The predicted molar refractivity (Wildman–Crippen MR) is 75.8 cm³/mol. The topological polar surface area (TPSA) is 79.5 Å². The van der Waals surface area contributed by atoms with E-state index in [4.69, 9.17) is 9.52 Å². The van der Waals surface area contributed by atoms with E-state index in [1.54, 1.807) is 13.0 Å². The fourth-order valence-corrected chi connectivity index (χ4v) is 2.01. The molecule has 0 aliphatic carbocycles. The lowest BCUT2D eigenvalue weighted by Crippen LogP contribution is -2.51. The second kappa shape index (κ2) is 6.11. The van der Waals surface area contributed by atoms with Crippen LogP contribution >= 0.6 is 0 Å². The number of aliphatic carboxylic acids is 1. The van der Waals surface area contributed by atoms with Crippen LogP contribution in [0.1, 0.15) is 56.0 Å². The lowest BCUT2D eigenvalue weighted by atomic mass is 9.85. The minimum absolute atomic E-state index is 0.00995. The Hall–Kier alpha value is -1.78. The summed E-state index contributed by atoms with van der Waals surface area (Å²) in [7, 11) is 0. The van der Waals surface area contributed by atoms with Gasteiger partial charge in [0.2, 0.25) is 0 Å². The molecule has 1 aromatic heterocycles. The molecule has 0 bridgehead atoms. The quantitative estimate of drug-likeness (QED) is 0.840. The number of furan rings is 1. The average Bonchev–Trinajstić information content (AvgIpc) is 2.69. The molecule has 0 radical (unpaired) electrons. The highest BCUT2D eigenvalue weighted by Crippen LogP contribution is 2.22. The van der Waals surface area contributed by atoms with Crippen LogP contribution in [0.5, 0.6) is 0 Å². The largest absolute Gasteiger partial charge is 0.481 e. The van der Waals surface area contributed by atoms with Crippen molar-refractivity contribution in [3.63, 3.8) is 0 Å². The number of carboxylic acid groups (broad SMARTS) is 1. The van der Waals surface area contributed by atoms with E-state index in [0.717, 1.165) is 17.7 Å². The van der Waals surface area contributed by atoms with E-state index in [1.807, 2.05) is 27.7 Å². The van der Waals surface area contributed by atoms with Gasteiger partial charge in [-0.05, 0) is 31.4 Å². The predicted octanol–water partition coefficient (Wildman–Crippen LogP) is 2.77. The number of nitrogens with one attached hydrogen (secondary N) is 1. The molecule has 1 unspecified atom stereocenters. The molecule has 1 aromatic rings. The summed E-state index contributed by atoms with van der Waals surface area (Å²) in [6, 6.07) is 1.69. The Morgan fingerprint density at radius 1 is 1.45 bits per heavy atom. The normalized spacial score (nSPS) is 14.1. The molecule has 5 heteroatoms. The summed E-state index contributed by atoms with van der Waals surface area (Å²) >= 11 is 0. The third-order valence-corrected chi connectivity index (χ3v) is 3.76. The first kappa shape index (κ1) is 16.3. The summed E-state index contributed by atoms with van der Waals surface area (Å²) in [5, 5.41) is 11.8. The monoisotopic (exact) mass is 281 g/mol. The summed E-state index contributed by atoms with van der Waals surface area (Å²) in [6.07, 6.45) is 0.590. The summed E-state index contributed by atoms with van der Waals surface area (Å²) in [5.74, 6) is -0.308. The maximum Gasteiger partial charge on any atom is 0.305 e. The van der Waals surface area contributed by atoms with Crippen molar-refractivity contribution in [1.29, 1.82) is 0 Å². The lowest BCUT2D eigenvalue weighted by Gasteiger charge is -2.33. The molecule has 0 fully saturated rings. The number of carboxylic acids is 1. The van der Waals surface area contributed by atoms with Gasteiger partial charge in [-0.3, -0.25) is 9.59 Å². The molecule has 5 nitrogen and oxygen atoms in total. The molecule has 2 N–H and O–H groups in total. The molecule has 1 heterocycles. The first-order valence-corrected chi connectivity index (χ1v) is 6.83. The zero-order valence-corrected chi connectivity index (χ0v) is 12.7. The van der Waals surface area contributed by atoms with Crippen LogP contribution in [0.15, 0.2) is 10.5 Å². The number of aryl methyl sites for hydroxylation is 2. The van der Waals surface area contributed by atoms with Gasteiger partial charge in [0.25, 0.3) is 5.91 Å². The maximum atomic E-state index is 12.2. The van der Waals surface area contributed by atoms with Crippen molar-refractivity contribution >= 4 is 11.9 Å². The number of rotatable bonds is 6. The van der Waals surface area contributed by atoms with E-state index in [0.29, 0.717) is 0 Å². The fraction of sp³-hybridized carbons (Fsp3) is 0.600. The second-order valence-corrected chi connectivity index (χ2v) is 5.67. The highest BCUT2D eigenvalue weighted by Gasteiger charge is 2.33. The molecule has 1 amide bonds. The maximum absolute atomic E-state index is 12.2. The fourth-order valence-electron chi connectivity index (χ4n) is 2.01. The van der Waals surface area contributed by atoms with Gasteiger partial charge in [0, 0.05) is 6.42 Å². The zero-order valence-electron chi connectivity index (χ0n) is 12.7. The number of carbonyl (C=O) groups is 2. The Balaban J connectivity index is 2.93. The van der Waals surface area contributed by atoms with Gasteiger partial charge in [0.05, 0.1) is 12.0 Å². The zero-order chi connectivity index (χ0) is 15.5. The van der Waals surface area contributed by atoms with Crippen molar-refractivity contribution in [2.75, 3.05) is 0 Å². The van der Waals surface area contributed by atoms with Gasteiger partial charge in [0.15, 0.2) is 5.76 Å².